The Morgan fingerprint density at radius 2 is 1.81 bits per heavy atom. The minimum Gasteiger partial charge on any atom is -0.316 e. The zero-order chi connectivity index (χ0) is 11.6. The molecule has 0 heterocycles. The Bertz CT molecular complexity index is 255. The number of hydrogen-bond donors (Lipinski definition) is 1. The lowest BCUT2D eigenvalue weighted by Crippen LogP contribution is -2.21. The first kappa shape index (κ1) is 13.2. The van der Waals surface area contributed by atoms with Crippen LogP contribution in [0.5, 0.6) is 0 Å². The lowest BCUT2D eigenvalue weighted by atomic mass is 10.0. The highest BCUT2D eigenvalue weighted by Gasteiger charge is 2.02. The minimum absolute atomic E-state index is 0.618. The molecule has 0 aromatic heterocycles. The highest BCUT2D eigenvalue weighted by molar-refractivity contribution is 5.18. The van der Waals surface area contributed by atoms with Gasteiger partial charge in [-0.25, -0.2) is 0 Å². The van der Waals surface area contributed by atoms with Crippen molar-refractivity contribution in [2.75, 3.05) is 13.1 Å². The fourth-order valence-electron chi connectivity index (χ4n) is 1.89. The van der Waals surface area contributed by atoms with Gasteiger partial charge in [-0.3, -0.25) is 0 Å². The van der Waals surface area contributed by atoms with Gasteiger partial charge in [0.15, 0.2) is 0 Å². The van der Waals surface area contributed by atoms with Crippen LogP contribution in [0.15, 0.2) is 30.3 Å². The molecule has 0 radical (unpaired) electrons. The van der Waals surface area contributed by atoms with Crippen LogP contribution < -0.4 is 5.32 Å². The molecule has 0 aliphatic rings. The van der Waals surface area contributed by atoms with E-state index in [2.05, 4.69) is 49.5 Å². The molecule has 0 saturated carbocycles. The van der Waals surface area contributed by atoms with Gasteiger partial charge < -0.3 is 5.32 Å². The molecule has 0 amide bonds. The van der Waals surface area contributed by atoms with Crippen molar-refractivity contribution in [2.24, 2.45) is 0 Å². The van der Waals surface area contributed by atoms with E-state index in [1.807, 2.05) is 0 Å². The van der Waals surface area contributed by atoms with Crippen LogP contribution in [0, 0.1) is 0 Å². The van der Waals surface area contributed by atoms with Crippen molar-refractivity contribution in [2.45, 2.75) is 45.4 Å². The van der Waals surface area contributed by atoms with Gasteiger partial charge in [0, 0.05) is 6.54 Å². The Kier molecular flexibility index (Phi) is 6.91. The molecule has 1 aromatic carbocycles. The first-order valence-electron chi connectivity index (χ1n) is 6.60. The summed E-state index contributed by atoms with van der Waals surface area (Å²) in [5.41, 5.74) is 1.43. The third-order valence-electron chi connectivity index (χ3n) is 3.03. The molecule has 0 spiro atoms. The predicted octanol–water partition coefficient (Wildman–Crippen LogP) is 3.96. The number of hydrogen-bond acceptors (Lipinski definition) is 1. The summed E-state index contributed by atoms with van der Waals surface area (Å²) in [4.78, 5) is 0. The van der Waals surface area contributed by atoms with Crippen LogP contribution in [0.1, 0.15) is 51.0 Å². The number of nitrogens with one attached hydrogen (secondary N) is 1. The molecule has 0 aliphatic heterocycles. The van der Waals surface area contributed by atoms with E-state index in [0.717, 1.165) is 13.1 Å². The van der Waals surface area contributed by atoms with Crippen LogP contribution in [0.25, 0.3) is 0 Å². The van der Waals surface area contributed by atoms with E-state index in [9.17, 15) is 0 Å². The van der Waals surface area contributed by atoms with E-state index in [-0.39, 0.29) is 0 Å². The SMILES string of the molecule is CCCCCCNC[C@@H](C)c1ccccc1. The molecule has 0 fully saturated rings. The maximum Gasteiger partial charge on any atom is 0.00174 e. The van der Waals surface area contributed by atoms with Crippen molar-refractivity contribution in [3.63, 3.8) is 0 Å². The van der Waals surface area contributed by atoms with Crippen molar-refractivity contribution in [1.29, 1.82) is 0 Å². The van der Waals surface area contributed by atoms with Gasteiger partial charge in [0.2, 0.25) is 0 Å². The van der Waals surface area contributed by atoms with Crippen molar-refractivity contribution >= 4 is 0 Å². The molecule has 0 aliphatic carbocycles. The molecule has 1 N–H and O–H groups in total. The summed E-state index contributed by atoms with van der Waals surface area (Å²) in [5, 5.41) is 3.54. The standard InChI is InChI=1S/C15H25N/c1-3-4-5-9-12-16-13-14(2)15-10-7-6-8-11-15/h6-8,10-11,14,16H,3-5,9,12-13H2,1-2H3/t14-/m1/s1. The number of benzene rings is 1. The molecule has 0 saturated heterocycles. The Balaban J connectivity index is 2.09. The van der Waals surface area contributed by atoms with Gasteiger partial charge in [-0.15, -0.1) is 0 Å². The van der Waals surface area contributed by atoms with Crippen LogP contribution in [0.3, 0.4) is 0 Å². The third-order valence-corrected chi connectivity index (χ3v) is 3.03. The molecule has 1 aromatic rings. The fourth-order valence-corrected chi connectivity index (χ4v) is 1.89. The first-order valence-corrected chi connectivity index (χ1v) is 6.60. The van der Waals surface area contributed by atoms with Gasteiger partial charge in [0.05, 0.1) is 0 Å². The fraction of sp³-hybridized carbons (Fsp3) is 0.600. The zero-order valence-corrected chi connectivity index (χ0v) is 10.7. The summed E-state index contributed by atoms with van der Waals surface area (Å²) in [6, 6.07) is 10.7. The molecule has 1 nitrogen and oxygen atoms in total. The smallest absolute Gasteiger partial charge is 0.00174 e. The Labute approximate surface area is 100 Å². The highest BCUT2D eigenvalue weighted by Crippen LogP contribution is 2.12. The number of unbranched alkanes of at least 4 members (excludes halogenated alkanes) is 3. The molecule has 1 heteroatoms. The molecular formula is C15H25N. The largest absolute Gasteiger partial charge is 0.316 e. The van der Waals surface area contributed by atoms with Gasteiger partial charge in [0.1, 0.15) is 0 Å². The van der Waals surface area contributed by atoms with Gasteiger partial charge in [-0.1, -0.05) is 63.4 Å². The lowest BCUT2D eigenvalue weighted by Gasteiger charge is -2.12. The number of rotatable bonds is 8. The van der Waals surface area contributed by atoms with Gasteiger partial charge >= 0.3 is 0 Å². The quantitative estimate of drug-likeness (QED) is 0.653. The van der Waals surface area contributed by atoms with E-state index in [4.69, 9.17) is 0 Å². The first-order chi connectivity index (χ1) is 7.84. The highest BCUT2D eigenvalue weighted by atomic mass is 14.8. The topological polar surface area (TPSA) is 12.0 Å². The summed E-state index contributed by atoms with van der Waals surface area (Å²) in [7, 11) is 0. The molecular weight excluding hydrogens is 194 g/mol. The van der Waals surface area contributed by atoms with E-state index < -0.39 is 0 Å². The average molecular weight is 219 g/mol. The van der Waals surface area contributed by atoms with Crippen molar-refractivity contribution in [1.82, 2.24) is 5.32 Å². The maximum atomic E-state index is 3.54. The van der Waals surface area contributed by atoms with Crippen molar-refractivity contribution in [3.05, 3.63) is 35.9 Å². The average Bonchev–Trinajstić information content (AvgIpc) is 2.34. The van der Waals surface area contributed by atoms with Crippen LogP contribution in [0.4, 0.5) is 0 Å². The molecule has 0 bridgehead atoms. The van der Waals surface area contributed by atoms with E-state index in [1.165, 1.54) is 31.2 Å². The second-order valence-corrected chi connectivity index (χ2v) is 4.58. The second kappa shape index (κ2) is 8.35. The summed E-state index contributed by atoms with van der Waals surface area (Å²) in [5.74, 6) is 0.618. The Morgan fingerprint density at radius 3 is 2.50 bits per heavy atom. The van der Waals surface area contributed by atoms with Crippen molar-refractivity contribution < 1.29 is 0 Å². The molecule has 16 heavy (non-hydrogen) atoms. The lowest BCUT2D eigenvalue weighted by molar-refractivity contribution is 0.568. The van der Waals surface area contributed by atoms with Crippen LogP contribution in [-0.4, -0.2) is 13.1 Å². The maximum absolute atomic E-state index is 3.54. The van der Waals surface area contributed by atoms with E-state index in [0.29, 0.717) is 5.92 Å². The molecule has 90 valence electrons. The van der Waals surface area contributed by atoms with Crippen LogP contribution >= 0.6 is 0 Å². The normalized spacial score (nSPS) is 12.6. The monoisotopic (exact) mass is 219 g/mol. The van der Waals surface area contributed by atoms with Gasteiger partial charge in [-0.2, -0.15) is 0 Å². The molecule has 1 rings (SSSR count). The summed E-state index contributed by atoms with van der Waals surface area (Å²) in [6.07, 6.45) is 5.37. The minimum atomic E-state index is 0.618. The van der Waals surface area contributed by atoms with Gasteiger partial charge in [0.25, 0.3) is 0 Å². The zero-order valence-electron chi connectivity index (χ0n) is 10.7. The second-order valence-electron chi connectivity index (χ2n) is 4.58. The van der Waals surface area contributed by atoms with Crippen LogP contribution in [-0.2, 0) is 0 Å². The summed E-state index contributed by atoms with van der Waals surface area (Å²) < 4.78 is 0. The van der Waals surface area contributed by atoms with Gasteiger partial charge in [-0.05, 0) is 24.4 Å². The summed E-state index contributed by atoms with van der Waals surface area (Å²) >= 11 is 0. The Hall–Kier alpha value is -0.820. The van der Waals surface area contributed by atoms with Crippen molar-refractivity contribution in [3.8, 4) is 0 Å². The third kappa shape index (κ3) is 5.32. The summed E-state index contributed by atoms with van der Waals surface area (Å²) in [6.45, 7) is 6.80. The molecule has 0 unspecified atom stereocenters. The Morgan fingerprint density at radius 1 is 1.06 bits per heavy atom. The van der Waals surface area contributed by atoms with E-state index in [1.54, 1.807) is 0 Å². The van der Waals surface area contributed by atoms with E-state index >= 15 is 0 Å². The predicted molar refractivity (Wildman–Crippen MR) is 71.9 cm³/mol. The van der Waals surface area contributed by atoms with Crippen LogP contribution in [0.2, 0.25) is 0 Å². The molecule has 1 atom stereocenters.